The van der Waals surface area contributed by atoms with Gasteiger partial charge in [0.15, 0.2) is 0 Å². The molecule has 0 saturated carbocycles. The maximum absolute atomic E-state index is 12.5. The van der Waals surface area contributed by atoms with Crippen LogP contribution in [0.3, 0.4) is 0 Å². The number of rotatable bonds is 54. The molecule has 0 bridgehead atoms. The highest BCUT2D eigenvalue weighted by Gasteiger charge is 2.20. The van der Waals surface area contributed by atoms with E-state index in [0.717, 1.165) is 64.2 Å². The van der Waals surface area contributed by atoms with Crippen LogP contribution >= 0.6 is 0 Å². The molecule has 0 radical (unpaired) electrons. The number of esters is 1. The maximum Gasteiger partial charge on any atom is 0.305 e. The van der Waals surface area contributed by atoms with Crippen molar-refractivity contribution in [3.63, 3.8) is 0 Å². The van der Waals surface area contributed by atoms with Gasteiger partial charge in [-0.15, -0.1) is 0 Å². The van der Waals surface area contributed by atoms with Crippen LogP contribution in [-0.4, -0.2) is 47.4 Å². The second-order valence-corrected chi connectivity index (χ2v) is 20.0. The molecule has 2 unspecified atom stereocenters. The number of nitrogens with one attached hydrogen (secondary N) is 1. The lowest BCUT2D eigenvalue weighted by molar-refractivity contribution is -0.143. The first-order chi connectivity index (χ1) is 32.0. The quantitative estimate of drug-likeness (QED) is 0.0321. The van der Waals surface area contributed by atoms with Gasteiger partial charge in [-0.1, -0.05) is 269 Å². The van der Waals surface area contributed by atoms with Gasteiger partial charge in [0.25, 0.3) is 0 Å². The molecule has 0 heterocycles. The fraction of sp³-hybridized carbons (Fsp3) is 0.898. The van der Waals surface area contributed by atoms with E-state index in [1.54, 1.807) is 0 Å². The van der Waals surface area contributed by atoms with Crippen molar-refractivity contribution in [3.05, 3.63) is 24.3 Å². The van der Waals surface area contributed by atoms with Crippen molar-refractivity contribution >= 4 is 11.9 Å². The summed E-state index contributed by atoms with van der Waals surface area (Å²) >= 11 is 0. The van der Waals surface area contributed by atoms with Crippen LogP contribution in [0.15, 0.2) is 24.3 Å². The molecule has 0 aromatic heterocycles. The van der Waals surface area contributed by atoms with E-state index in [-0.39, 0.29) is 18.5 Å². The summed E-state index contributed by atoms with van der Waals surface area (Å²) in [6, 6.07) is -0.559. The van der Waals surface area contributed by atoms with Gasteiger partial charge in [0, 0.05) is 12.8 Å². The highest BCUT2D eigenvalue weighted by molar-refractivity contribution is 5.76. The van der Waals surface area contributed by atoms with Crippen molar-refractivity contribution in [1.29, 1.82) is 0 Å². The van der Waals surface area contributed by atoms with Crippen LogP contribution in [-0.2, 0) is 14.3 Å². The van der Waals surface area contributed by atoms with Gasteiger partial charge in [-0.2, -0.15) is 0 Å². The average molecular weight is 917 g/mol. The second-order valence-electron chi connectivity index (χ2n) is 20.0. The first-order valence-corrected chi connectivity index (χ1v) is 29.1. The van der Waals surface area contributed by atoms with E-state index < -0.39 is 12.1 Å². The third kappa shape index (κ3) is 51.6. The van der Waals surface area contributed by atoms with Crippen LogP contribution in [0.5, 0.6) is 0 Å². The summed E-state index contributed by atoms with van der Waals surface area (Å²) in [6.45, 7) is 4.90. The van der Waals surface area contributed by atoms with Crippen LogP contribution in [0, 0.1) is 0 Å². The molecule has 3 N–H and O–H groups in total. The molecule has 0 aliphatic carbocycles. The van der Waals surface area contributed by atoms with E-state index in [2.05, 4.69) is 43.5 Å². The number of unbranched alkanes of at least 4 members (excludes halogenated alkanes) is 39. The Hall–Kier alpha value is -1.66. The van der Waals surface area contributed by atoms with Gasteiger partial charge in [-0.05, 0) is 57.8 Å². The van der Waals surface area contributed by atoms with E-state index in [1.165, 1.54) is 218 Å². The van der Waals surface area contributed by atoms with Crippen molar-refractivity contribution in [2.24, 2.45) is 0 Å². The molecule has 0 spiro atoms. The highest BCUT2D eigenvalue weighted by atomic mass is 16.5. The topological polar surface area (TPSA) is 95.9 Å². The predicted molar refractivity (Wildman–Crippen MR) is 283 cm³/mol. The predicted octanol–water partition coefficient (Wildman–Crippen LogP) is 17.9. The minimum Gasteiger partial charge on any atom is -0.466 e. The van der Waals surface area contributed by atoms with E-state index in [0.29, 0.717) is 25.9 Å². The van der Waals surface area contributed by atoms with E-state index in [9.17, 15) is 19.8 Å². The van der Waals surface area contributed by atoms with E-state index in [1.807, 2.05) is 0 Å². The van der Waals surface area contributed by atoms with E-state index in [4.69, 9.17) is 4.74 Å². The zero-order valence-corrected chi connectivity index (χ0v) is 43.7. The van der Waals surface area contributed by atoms with Crippen LogP contribution in [0.2, 0.25) is 0 Å². The summed E-state index contributed by atoms with van der Waals surface area (Å²) in [5.41, 5.74) is 0. The maximum atomic E-state index is 12.5. The Bertz CT molecular complexity index is 1010. The van der Waals surface area contributed by atoms with Gasteiger partial charge >= 0.3 is 5.97 Å². The normalized spacial score (nSPS) is 12.7. The van der Waals surface area contributed by atoms with Crippen LogP contribution in [0.4, 0.5) is 0 Å². The summed E-state index contributed by atoms with van der Waals surface area (Å²) in [4.78, 5) is 24.6. The lowest BCUT2D eigenvalue weighted by Gasteiger charge is -2.22. The Morgan fingerprint density at radius 3 is 1.20 bits per heavy atom. The number of carbonyl (C=O) groups is 2. The summed E-state index contributed by atoms with van der Waals surface area (Å²) < 4.78 is 5.47. The van der Waals surface area contributed by atoms with Crippen LogP contribution in [0.25, 0.3) is 0 Å². The third-order valence-corrected chi connectivity index (χ3v) is 13.5. The van der Waals surface area contributed by atoms with Crippen molar-refractivity contribution in [3.8, 4) is 0 Å². The van der Waals surface area contributed by atoms with Gasteiger partial charge in [-0.25, -0.2) is 0 Å². The van der Waals surface area contributed by atoms with Gasteiger partial charge in [-0.3, -0.25) is 9.59 Å². The largest absolute Gasteiger partial charge is 0.466 e. The smallest absolute Gasteiger partial charge is 0.305 e. The number of aliphatic hydroxyl groups excluding tert-OH is 2. The third-order valence-electron chi connectivity index (χ3n) is 13.5. The first-order valence-electron chi connectivity index (χ1n) is 29.1. The van der Waals surface area contributed by atoms with Crippen molar-refractivity contribution < 1.29 is 24.5 Å². The molecule has 0 rings (SSSR count). The zero-order valence-electron chi connectivity index (χ0n) is 43.7. The fourth-order valence-electron chi connectivity index (χ4n) is 9.02. The number of amides is 1. The molecule has 6 nitrogen and oxygen atoms in total. The van der Waals surface area contributed by atoms with Gasteiger partial charge < -0.3 is 20.3 Å². The van der Waals surface area contributed by atoms with Gasteiger partial charge in [0.05, 0.1) is 25.4 Å². The van der Waals surface area contributed by atoms with Gasteiger partial charge in [0.2, 0.25) is 5.91 Å². The molecular weight excluding hydrogens is 803 g/mol. The molecule has 0 aliphatic heterocycles. The molecule has 1 amide bonds. The van der Waals surface area contributed by atoms with Gasteiger partial charge in [0.1, 0.15) is 0 Å². The van der Waals surface area contributed by atoms with Crippen molar-refractivity contribution in [2.45, 2.75) is 328 Å². The highest BCUT2D eigenvalue weighted by Crippen LogP contribution is 2.17. The molecular formula is C59H113NO5. The molecule has 0 saturated heterocycles. The molecule has 2 atom stereocenters. The van der Waals surface area contributed by atoms with Crippen LogP contribution in [0.1, 0.15) is 316 Å². The number of hydrogen-bond donors (Lipinski definition) is 3. The number of aliphatic hydroxyl groups is 2. The summed E-state index contributed by atoms with van der Waals surface area (Å²) in [6.07, 6.45) is 65.9. The summed E-state index contributed by atoms with van der Waals surface area (Å²) in [5.74, 6) is -0.0772. The molecule has 0 aromatic carbocycles. The first kappa shape index (κ1) is 63.3. The Morgan fingerprint density at radius 2 is 0.769 bits per heavy atom. The van der Waals surface area contributed by atoms with E-state index >= 15 is 0 Å². The Balaban J connectivity index is 3.46. The summed E-state index contributed by atoms with van der Waals surface area (Å²) in [7, 11) is 0. The molecule has 6 heteroatoms. The molecule has 384 valence electrons. The lowest BCUT2D eigenvalue weighted by atomic mass is 10.0. The molecule has 65 heavy (non-hydrogen) atoms. The number of allylic oxidation sites excluding steroid dienone is 4. The van der Waals surface area contributed by atoms with Crippen molar-refractivity contribution in [1.82, 2.24) is 5.32 Å². The standard InChI is InChI=1S/C59H113NO5/c1-3-5-7-9-11-13-15-17-19-21-23-25-27-29-31-35-39-43-47-51-57(62)56(55-61)60-58(63)52-48-44-40-36-33-34-38-42-46-50-54-65-59(64)53-49-45-41-37-32-30-28-26-24-22-20-18-16-14-12-10-8-6-4-2/h12,14,18,20,56-57,61-62H,3-11,13,15-17,19,21-55H2,1-2H3,(H,60,63)/b14-12-,20-18-. The molecule has 0 aliphatic rings. The number of ether oxygens (including phenoxy) is 1. The monoisotopic (exact) mass is 916 g/mol. The fourth-order valence-corrected chi connectivity index (χ4v) is 9.02. The molecule has 0 fully saturated rings. The minimum atomic E-state index is -0.680. The zero-order chi connectivity index (χ0) is 47.2. The SMILES string of the molecule is CCCCC/C=C\C/C=C\CCCCCCCCCCCC(=O)OCCCCCCCCCCCCC(=O)NC(CO)C(O)CCCCCCCCCCCCCCCCCCCCC. The Labute approximate surface area is 405 Å². The average Bonchev–Trinajstić information content (AvgIpc) is 3.31. The summed E-state index contributed by atoms with van der Waals surface area (Å²) in [5, 5.41) is 23.3. The Kier molecular flexibility index (Phi) is 53.5. The second kappa shape index (κ2) is 54.9. The lowest BCUT2D eigenvalue weighted by Crippen LogP contribution is -2.45. The van der Waals surface area contributed by atoms with Crippen LogP contribution < -0.4 is 5.32 Å². The molecule has 0 aromatic rings. The van der Waals surface area contributed by atoms with Crippen molar-refractivity contribution in [2.75, 3.05) is 13.2 Å². The minimum absolute atomic E-state index is 0.0218. The Morgan fingerprint density at radius 1 is 0.431 bits per heavy atom. The number of carbonyl (C=O) groups excluding carboxylic acids is 2. The number of hydrogen-bond acceptors (Lipinski definition) is 5.